The lowest BCUT2D eigenvalue weighted by molar-refractivity contribution is -0.128. The Kier molecular flexibility index (Phi) is 10.2. The van der Waals surface area contributed by atoms with Crippen molar-refractivity contribution in [3.8, 4) is 0 Å². The molecule has 1 fully saturated rings. The number of sulfone groups is 1. The molecular weight excluding hydrogens is 443 g/mol. The SMILES string of the molecule is CCNC(=NCC(=O)N1CCCC1)NCCS(=O)(=O)C(C)(C)C.I. The molecule has 0 spiro atoms. The molecule has 9 heteroatoms. The summed E-state index contributed by atoms with van der Waals surface area (Å²) in [5.41, 5.74) is 0. The van der Waals surface area contributed by atoms with Crippen LogP contribution in [0.1, 0.15) is 40.5 Å². The normalized spacial score (nSPS) is 15.8. The number of hydrogen-bond donors (Lipinski definition) is 2. The summed E-state index contributed by atoms with van der Waals surface area (Å²) in [7, 11) is -3.17. The number of halogens is 1. The van der Waals surface area contributed by atoms with Crippen LogP contribution in [0.3, 0.4) is 0 Å². The molecular formula is C15H31IN4O3S. The van der Waals surface area contributed by atoms with Crippen molar-refractivity contribution in [3.05, 3.63) is 0 Å². The maximum Gasteiger partial charge on any atom is 0.244 e. The maximum atomic E-state index is 12.1. The molecule has 2 N–H and O–H groups in total. The van der Waals surface area contributed by atoms with Gasteiger partial charge in [0.25, 0.3) is 0 Å². The molecule has 1 heterocycles. The molecule has 1 aliphatic rings. The Labute approximate surface area is 163 Å². The highest BCUT2D eigenvalue weighted by Gasteiger charge is 2.28. The first kappa shape index (κ1) is 23.4. The van der Waals surface area contributed by atoms with Crippen LogP contribution in [0.15, 0.2) is 4.99 Å². The molecule has 0 unspecified atom stereocenters. The van der Waals surface area contributed by atoms with Crippen LogP contribution in [-0.4, -0.2) is 68.4 Å². The Morgan fingerprint density at radius 2 is 1.75 bits per heavy atom. The van der Waals surface area contributed by atoms with E-state index in [1.807, 2.05) is 11.8 Å². The van der Waals surface area contributed by atoms with Crippen LogP contribution < -0.4 is 10.6 Å². The molecule has 0 atom stereocenters. The molecule has 1 saturated heterocycles. The van der Waals surface area contributed by atoms with Gasteiger partial charge in [-0.1, -0.05) is 0 Å². The number of likely N-dealkylation sites (tertiary alicyclic amines) is 1. The van der Waals surface area contributed by atoms with Gasteiger partial charge >= 0.3 is 0 Å². The summed E-state index contributed by atoms with van der Waals surface area (Å²) >= 11 is 0. The standard InChI is InChI=1S/C15H30N4O3S.HI/c1-5-16-14(17-8-11-23(21,22)15(2,3)4)18-12-13(20)19-9-6-7-10-19;/h5-12H2,1-4H3,(H2,16,17,18);1H. The average molecular weight is 474 g/mol. The summed E-state index contributed by atoms with van der Waals surface area (Å²) in [4.78, 5) is 18.1. The van der Waals surface area contributed by atoms with Crippen LogP contribution >= 0.6 is 24.0 Å². The molecule has 1 rings (SSSR count). The minimum absolute atomic E-state index is 0. The summed E-state index contributed by atoms with van der Waals surface area (Å²) in [6.45, 7) is 9.61. The summed E-state index contributed by atoms with van der Waals surface area (Å²) in [6, 6.07) is 0. The highest BCUT2D eigenvalue weighted by molar-refractivity contribution is 14.0. The molecule has 24 heavy (non-hydrogen) atoms. The van der Waals surface area contributed by atoms with Crippen LogP contribution in [0.2, 0.25) is 0 Å². The van der Waals surface area contributed by atoms with Crippen LogP contribution in [0.5, 0.6) is 0 Å². The molecule has 0 aromatic carbocycles. The summed E-state index contributed by atoms with van der Waals surface area (Å²) in [5, 5.41) is 6.01. The van der Waals surface area contributed by atoms with E-state index in [0.717, 1.165) is 25.9 Å². The topological polar surface area (TPSA) is 90.9 Å². The predicted molar refractivity (Wildman–Crippen MR) is 109 cm³/mol. The molecule has 1 aliphatic heterocycles. The van der Waals surface area contributed by atoms with Gasteiger partial charge in [0.2, 0.25) is 5.91 Å². The summed E-state index contributed by atoms with van der Waals surface area (Å²) < 4.78 is 23.4. The minimum atomic E-state index is -3.17. The quantitative estimate of drug-likeness (QED) is 0.341. The Hall–Kier alpha value is -0.580. The summed E-state index contributed by atoms with van der Waals surface area (Å²) in [6.07, 6.45) is 2.11. The zero-order valence-electron chi connectivity index (χ0n) is 15.1. The third-order valence-electron chi connectivity index (χ3n) is 3.77. The van der Waals surface area contributed by atoms with Crippen molar-refractivity contribution < 1.29 is 13.2 Å². The van der Waals surface area contributed by atoms with E-state index in [-0.39, 0.29) is 48.7 Å². The zero-order chi connectivity index (χ0) is 17.5. The number of hydrogen-bond acceptors (Lipinski definition) is 4. The first-order valence-electron chi connectivity index (χ1n) is 8.19. The van der Waals surface area contributed by atoms with Crippen LogP contribution in [-0.2, 0) is 14.6 Å². The molecule has 7 nitrogen and oxygen atoms in total. The van der Waals surface area contributed by atoms with E-state index < -0.39 is 14.6 Å². The Bertz CT molecular complexity index is 523. The van der Waals surface area contributed by atoms with Crippen molar-refractivity contribution in [1.29, 1.82) is 0 Å². The monoisotopic (exact) mass is 474 g/mol. The van der Waals surface area contributed by atoms with Gasteiger partial charge in [0.1, 0.15) is 6.54 Å². The minimum Gasteiger partial charge on any atom is -0.357 e. The maximum absolute atomic E-state index is 12.1. The van der Waals surface area contributed by atoms with Crippen molar-refractivity contribution in [2.24, 2.45) is 4.99 Å². The lowest BCUT2D eigenvalue weighted by Crippen LogP contribution is -2.42. The third-order valence-corrected chi connectivity index (χ3v) is 6.38. The molecule has 0 radical (unpaired) electrons. The van der Waals surface area contributed by atoms with Crippen LogP contribution in [0, 0.1) is 0 Å². The van der Waals surface area contributed by atoms with E-state index in [2.05, 4.69) is 15.6 Å². The first-order chi connectivity index (χ1) is 10.7. The van der Waals surface area contributed by atoms with Crippen LogP contribution in [0.25, 0.3) is 0 Å². The van der Waals surface area contributed by atoms with Crippen molar-refractivity contribution >= 4 is 45.7 Å². The number of carbonyl (C=O) groups excluding carboxylic acids is 1. The number of guanidine groups is 1. The van der Waals surface area contributed by atoms with Gasteiger partial charge < -0.3 is 15.5 Å². The van der Waals surface area contributed by atoms with E-state index in [1.54, 1.807) is 20.8 Å². The second kappa shape index (κ2) is 10.4. The van der Waals surface area contributed by atoms with E-state index >= 15 is 0 Å². The number of amides is 1. The number of nitrogens with one attached hydrogen (secondary N) is 2. The summed E-state index contributed by atoms with van der Waals surface area (Å²) in [5.74, 6) is 0.521. The van der Waals surface area contributed by atoms with Gasteiger partial charge in [0, 0.05) is 26.2 Å². The molecule has 0 aromatic heterocycles. The van der Waals surface area contributed by atoms with Gasteiger partial charge in [-0.2, -0.15) is 0 Å². The fourth-order valence-corrected chi connectivity index (χ4v) is 3.15. The van der Waals surface area contributed by atoms with Crippen molar-refractivity contribution in [2.75, 3.05) is 38.5 Å². The van der Waals surface area contributed by atoms with Gasteiger partial charge in [-0.25, -0.2) is 13.4 Å². The Morgan fingerprint density at radius 1 is 1.17 bits per heavy atom. The highest BCUT2D eigenvalue weighted by Crippen LogP contribution is 2.15. The number of rotatable bonds is 6. The Balaban J connectivity index is 0.00000529. The van der Waals surface area contributed by atoms with E-state index in [9.17, 15) is 13.2 Å². The molecule has 0 bridgehead atoms. The molecule has 0 aliphatic carbocycles. The zero-order valence-corrected chi connectivity index (χ0v) is 18.2. The second-order valence-corrected chi connectivity index (χ2v) is 9.50. The van der Waals surface area contributed by atoms with Crippen molar-refractivity contribution in [2.45, 2.75) is 45.3 Å². The first-order valence-corrected chi connectivity index (χ1v) is 9.85. The van der Waals surface area contributed by atoms with Gasteiger partial charge in [0.15, 0.2) is 15.8 Å². The molecule has 142 valence electrons. The van der Waals surface area contributed by atoms with Gasteiger partial charge in [-0.3, -0.25) is 4.79 Å². The van der Waals surface area contributed by atoms with E-state index in [0.29, 0.717) is 12.5 Å². The number of nitrogens with zero attached hydrogens (tertiary/aromatic N) is 2. The van der Waals surface area contributed by atoms with Crippen molar-refractivity contribution in [1.82, 2.24) is 15.5 Å². The molecule has 1 amide bonds. The van der Waals surface area contributed by atoms with Crippen molar-refractivity contribution in [3.63, 3.8) is 0 Å². The van der Waals surface area contributed by atoms with Crippen LogP contribution in [0.4, 0.5) is 0 Å². The molecule has 0 saturated carbocycles. The van der Waals surface area contributed by atoms with E-state index in [4.69, 9.17) is 0 Å². The molecule has 0 aromatic rings. The van der Waals surface area contributed by atoms with Gasteiger partial charge in [-0.05, 0) is 40.5 Å². The lowest BCUT2D eigenvalue weighted by atomic mass is 10.3. The van der Waals surface area contributed by atoms with E-state index in [1.165, 1.54) is 0 Å². The lowest BCUT2D eigenvalue weighted by Gasteiger charge is -2.20. The smallest absolute Gasteiger partial charge is 0.244 e. The second-order valence-electron chi connectivity index (χ2n) is 6.64. The number of carbonyl (C=O) groups is 1. The highest BCUT2D eigenvalue weighted by atomic mass is 127. The Morgan fingerprint density at radius 3 is 2.25 bits per heavy atom. The van der Waals surface area contributed by atoms with Gasteiger partial charge in [-0.15, -0.1) is 24.0 Å². The fraction of sp³-hybridized carbons (Fsp3) is 0.867. The largest absolute Gasteiger partial charge is 0.357 e. The third kappa shape index (κ3) is 7.54. The average Bonchev–Trinajstić information content (AvgIpc) is 2.97. The predicted octanol–water partition coefficient (Wildman–Crippen LogP) is 0.995. The fourth-order valence-electron chi connectivity index (χ4n) is 2.16. The number of aliphatic imine (C=N–C) groups is 1. The van der Waals surface area contributed by atoms with Gasteiger partial charge in [0.05, 0.1) is 10.5 Å².